The van der Waals surface area contributed by atoms with E-state index in [1.54, 1.807) is 31.0 Å². The van der Waals surface area contributed by atoms with E-state index < -0.39 is 0 Å². The maximum Gasteiger partial charge on any atom is 0.271 e. The van der Waals surface area contributed by atoms with Gasteiger partial charge in [0.1, 0.15) is 5.75 Å². The Morgan fingerprint density at radius 2 is 1.73 bits per heavy atom. The van der Waals surface area contributed by atoms with Crippen LogP contribution in [-0.2, 0) is 5.75 Å². The van der Waals surface area contributed by atoms with Gasteiger partial charge >= 0.3 is 0 Å². The molecular formula is C23H24N4O2S. The van der Waals surface area contributed by atoms with Crippen molar-refractivity contribution in [3.63, 3.8) is 0 Å². The zero-order valence-electron chi connectivity index (χ0n) is 17.5. The fourth-order valence-corrected chi connectivity index (χ4v) is 3.68. The highest BCUT2D eigenvalue weighted by Crippen LogP contribution is 2.20. The Bertz CT molecular complexity index is 1040. The molecule has 3 rings (SSSR count). The van der Waals surface area contributed by atoms with E-state index in [-0.39, 0.29) is 5.91 Å². The van der Waals surface area contributed by atoms with Gasteiger partial charge in [-0.1, -0.05) is 36.0 Å². The van der Waals surface area contributed by atoms with Crippen molar-refractivity contribution in [2.45, 2.75) is 31.7 Å². The molecule has 0 saturated carbocycles. The van der Waals surface area contributed by atoms with Crippen LogP contribution in [0.3, 0.4) is 0 Å². The Morgan fingerprint density at radius 1 is 1.03 bits per heavy atom. The summed E-state index contributed by atoms with van der Waals surface area (Å²) in [6.45, 7) is 5.76. The van der Waals surface area contributed by atoms with Crippen LogP contribution in [0.15, 0.2) is 64.9 Å². The number of aryl methyl sites for hydroxylation is 2. The number of hydrazone groups is 1. The van der Waals surface area contributed by atoms with Gasteiger partial charge in [-0.3, -0.25) is 4.79 Å². The van der Waals surface area contributed by atoms with Crippen molar-refractivity contribution in [1.29, 1.82) is 0 Å². The maximum absolute atomic E-state index is 12.4. The summed E-state index contributed by atoms with van der Waals surface area (Å²) in [5.41, 5.74) is 7.75. The molecule has 6 nitrogen and oxygen atoms in total. The smallest absolute Gasteiger partial charge is 0.271 e. The Hall–Kier alpha value is -3.19. The number of nitrogens with zero attached hydrogens (tertiary/aromatic N) is 3. The standard InChI is InChI=1S/C23H24N4O2S/c1-15-12-16(2)25-23(24-15)30-14-18-8-10-19(11-9-18)22(28)27-26-17(3)20-6-5-7-21(13-20)29-4/h5-13H,14H2,1-4H3,(H,27,28)/b26-17-. The van der Waals surface area contributed by atoms with Crippen molar-refractivity contribution in [2.24, 2.45) is 5.10 Å². The van der Waals surface area contributed by atoms with Gasteiger partial charge in [0.15, 0.2) is 5.16 Å². The van der Waals surface area contributed by atoms with Gasteiger partial charge in [-0.05, 0) is 56.7 Å². The van der Waals surface area contributed by atoms with E-state index >= 15 is 0 Å². The number of carbonyl (C=O) groups is 1. The van der Waals surface area contributed by atoms with E-state index in [0.29, 0.717) is 11.3 Å². The average Bonchev–Trinajstić information content (AvgIpc) is 2.75. The number of nitrogens with one attached hydrogen (secondary N) is 1. The SMILES string of the molecule is COc1cccc(/C(C)=N\NC(=O)c2ccc(CSc3nc(C)cc(C)n3)cc2)c1. The lowest BCUT2D eigenvalue weighted by molar-refractivity contribution is 0.0955. The highest BCUT2D eigenvalue weighted by atomic mass is 32.2. The molecule has 1 N–H and O–H groups in total. The van der Waals surface area contributed by atoms with Crippen LogP contribution in [0.1, 0.15) is 39.8 Å². The van der Waals surface area contributed by atoms with Gasteiger partial charge in [0.05, 0.1) is 12.8 Å². The largest absolute Gasteiger partial charge is 0.497 e. The molecule has 2 aromatic carbocycles. The van der Waals surface area contributed by atoms with E-state index in [2.05, 4.69) is 20.5 Å². The zero-order chi connectivity index (χ0) is 21.5. The molecule has 0 aliphatic rings. The number of amides is 1. The normalized spacial score (nSPS) is 11.3. The quantitative estimate of drug-likeness (QED) is 0.263. The molecule has 0 aliphatic carbocycles. The van der Waals surface area contributed by atoms with Crippen LogP contribution in [0.4, 0.5) is 0 Å². The summed E-state index contributed by atoms with van der Waals surface area (Å²) in [4.78, 5) is 21.3. The second kappa shape index (κ2) is 10.0. The average molecular weight is 421 g/mol. The van der Waals surface area contributed by atoms with Gasteiger partial charge in [-0.15, -0.1) is 0 Å². The minimum Gasteiger partial charge on any atom is -0.497 e. The number of benzene rings is 2. The molecule has 1 heterocycles. The third-order valence-electron chi connectivity index (χ3n) is 4.36. The predicted molar refractivity (Wildman–Crippen MR) is 120 cm³/mol. The summed E-state index contributed by atoms with van der Waals surface area (Å²) < 4.78 is 5.22. The summed E-state index contributed by atoms with van der Waals surface area (Å²) in [5.74, 6) is 1.22. The topological polar surface area (TPSA) is 76.5 Å². The van der Waals surface area contributed by atoms with Crippen LogP contribution >= 0.6 is 11.8 Å². The summed E-state index contributed by atoms with van der Waals surface area (Å²) in [7, 11) is 1.62. The zero-order valence-corrected chi connectivity index (χ0v) is 18.3. The molecule has 30 heavy (non-hydrogen) atoms. The lowest BCUT2D eigenvalue weighted by atomic mass is 10.1. The minimum absolute atomic E-state index is 0.255. The number of methoxy groups -OCH3 is 1. The van der Waals surface area contributed by atoms with Crippen LogP contribution in [0.2, 0.25) is 0 Å². The Labute approximate surface area is 180 Å². The van der Waals surface area contributed by atoms with Crippen molar-refractivity contribution < 1.29 is 9.53 Å². The number of thioether (sulfide) groups is 1. The molecule has 7 heteroatoms. The number of rotatable bonds is 7. The fourth-order valence-electron chi connectivity index (χ4n) is 2.77. The molecule has 154 valence electrons. The summed E-state index contributed by atoms with van der Waals surface area (Å²) in [6.07, 6.45) is 0. The first-order valence-corrected chi connectivity index (χ1v) is 10.5. The number of hydrogen-bond acceptors (Lipinski definition) is 6. The Balaban J connectivity index is 1.59. The van der Waals surface area contributed by atoms with Crippen molar-refractivity contribution in [3.05, 3.63) is 82.7 Å². The third kappa shape index (κ3) is 5.90. The number of ether oxygens (including phenoxy) is 1. The Morgan fingerprint density at radius 3 is 2.40 bits per heavy atom. The van der Waals surface area contributed by atoms with Crippen LogP contribution in [0, 0.1) is 13.8 Å². The second-order valence-electron chi connectivity index (χ2n) is 6.79. The number of hydrogen-bond donors (Lipinski definition) is 1. The molecular weight excluding hydrogens is 396 g/mol. The molecule has 1 aromatic heterocycles. The third-order valence-corrected chi connectivity index (χ3v) is 5.28. The van der Waals surface area contributed by atoms with E-state index in [9.17, 15) is 4.79 Å². The van der Waals surface area contributed by atoms with Crippen molar-refractivity contribution >= 4 is 23.4 Å². The lowest BCUT2D eigenvalue weighted by Gasteiger charge is -2.06. The summed E-state index contributed by atoms with van der Waals surface area (Å²) in [6, 6.07) is 16.9. The molecule has 0 atom stereocenters. The number of carbonyl (C=O) groups excluding carboxylic acids is 1. The van der Waals surface area contributed by atoms with Crippen molar-refractivity contribution in [2.75, 3.05) is 7.11 Å². The molecule has 0 bridgehead atoms. The van der Waals surface area contributed by atoms with Gasteiger partial charge < -0.3 is 4.74 Å². The Kier molecular flexibility index (Phi) is 7.19. The highest BCUT2D eigenvalue weighted by Gasteiger charge is 2.07. The molecule has 0 radical (unpaired) electrons. The van der Waals surface area contributed by atoms with E-state index in [1.807, 2.05) is 63.2 Å². The molecule has 0 aliphatic heterocycles. The first-order valence-electron chi connectivity index (χ1n) is 9.47. The monoisotopic (exact) mass is 420 g/mol. The molecule has 0 spiro atoms. The maximum atomic E-state index is 12.4. The first kappa shape index (κ1) is 21.5. The van der Waals surface area contributed by atoms with Gasteiger partial charge in [0, 0.05) is 28.3 Å². The predicted octanol–water partition coefficient (Wildman–Crippen LogP) is 4.55. The molecule has 0 unspecified atom stereocenters. The fraction of sp³-hybridized carbons (Fsp3) is 0.217. The van der Waals surface area contributed by atoms with Crippen LogP contribution in [-0.4, -0.2) is 28.7 Å². The highest BCUT2D eigenvalue weighted by molar-refractivity contribution is 7.98. The summed E-state index contributed by atoms with van der Waals surface area (Å²) in [5, 5.41) is 4.96. The summed E-state index contributed by atoms with van der Waals surface area (Å²) >= 11 is 1.58. The van der Waals surface area contributed by atoms with Crippen molar-refractivity contribution in [3.8, 4) is 5.75 Å². The van der Waals surface area contributed by atoms with Crippen molar-refractivity contribution in [1.82, 2.24) is 15.4 Å². The molecule has 0 fully saturated rings. The lowest BCUT2D eigenvalue weighted by Crippen LogP contribution is -2.19. The molecule has 1 amide bonds. The second-order valence-corrected chi connectivity index (χ2v) is 7.73. The van der Waals surface area contributed by atoms with E-state index in [1.165, 1.54) is 0 Å². The van der Waals surface area contributed by atoms with Gasteiger partial charge in [0.2, 0.25) is 0 Å². The van der Waals surface area contributed by atoms with Gasteiger partial charge in [0.25, 0.3) is 5.91 Å². The van der Waals surface area contributed by atoms with Gasteiger partial charge in [-0.25, -0.2) is 15.4 Å². The molecule has 3 aromatic rings. The van der Waals surface area contributed by atoms with Gasteiger partial charge in [-0.2, -0.15) is 5.10 Å². The van der Waals surface area contributed by atoms with Crippen LogP contribution in [0.25, 0.3) is 0 Å². The molecule has 0 saturated heterocycles. The van der Waals surface area contributed by atoms with E-state index in [4.69, 9.17) is 4.74 Å². The number of aromatic nitrogens is 2. The minimum atomic E-state index is -0.255. The van der Waals surface area contributed by atoms with Crippen LogP contribution in [0.5, 0.6) is 5.75 Å². The van der Waals surface area contributed by atoms with Crippen LogP contribution < -0.4 is 10.2 Å². The van der Waals surface area contributed by atoms with E-state index in [0.717, 1.165) is 39.2 Å². The first-order chi connectivity index (χ1) is 14.4.